The van der Waals surface area contributed by atoms with Crippen molar-refractivity contribution >= 4 is 0 Å². The normalized spacial score (nSPS) is 10.9. The summed E-state index contributed by atoms with van der Waals surface area (Å²) in [5.74, 6) is 0. The zero-order valence-corrected chi connectivity index (χ0v) is 11.7. The van der Waals surface area contributed by atoms with E-state index >= 15 is 0 Å². The Hall–Kier alpha value is -1.37. The molecule has 0 spiro atoms. The van der Waals surface area contributed by atoms with Crippen molar-refractivity contribution in [3.63, 3.8) is 0 Å². The van der Waals surface area contributed by atoms with Crippen molar-refractivity contribution in [2.24, 2.45) is 0 Å². The monoisotopic (exact) mass is 245 g/mol. The third-order valence-corrected chi connectivity index (χ3v) is 3.02. The molecule has 0 bridgehead atoms. The minimum atomic E-state index is 0.731. The van der Waals surface area contributed by atoms with Crippen LogP contribution in [-0.4, -0.2) is 43.5 Å². The van der Waals surface area contributed by atoms with Crippen molar-refractivity contribution in [1.82, 2.24) is 9.80 Å². The first-order chi connectivity index (χ1) is 8.65. The van der Waals surface area contributed by atoms with Crippen LogP contribution in [0.3, 0.4) is 0 Å². The number of rotatable bonds is 7. The SMILES string of the molecule is CCN(CCCN(C)C)Cc1ccc(C#N)cc1. The van der Waals surface area contributed by atoms with Crippen LogP contribution in [0, 0.1) is 11.3 Å². The lowest BCUT2D eigenvalue weighted by atomic mass is 10.1. The van der Waals surface area contributed by atoms with Gasteiger partial charge in [0.2, 0.25) is 0 Å². The predicted molar refractivity (Wildman–Crippen MR) is 75.3 cm³/mol. The van der Waals surface area contributed by atoms with Gasteiger partial charge in [-0.05, 0) is 57.8 Å². The second-order valence-corrected chi connectivity index (χ2v) is 4.83. The van der Waals surface area contributed by atoms with Gasteiger partial charge in [-0.2, -0.15) is 5.26 Å². The Labute approximate surface area is 111 Å². The summed E-state index contributed by atoms with van der Waals surface area (Å²) in [6.07, 6.45) is 1.19. The van der Waals surface area contributed by atoms with E-state index in [9.17, 15) is 0 Å². The zero-order chi connectivity index (χ0) is 13.4. The highest BCUT2D eigenvalue weighted by molar-refractivity contribution is 5.31. The average Bonchev–Trinajstić information content (AvgIpc) is 2.38. The van der Waals surface area contributed by atoms with Gasteiger partial charge in [0, 0.05) is 6.54 Å². The molecule has 1 aromatic carbocycles. The molecule has 0 unspecified atom stereocenters. The lowest BCUT2D eigenvalue weighted by Gasteiger charge is -2.21. The van der Waals surface area contributed by atoms with Crippen LogP contribution in [0.2, 0.25) is 0 Å². The van der Waals surface area contributed by atoms with Gasteiger partial charge in [0.05, 0.1) is 11.6 Å². The van der Waals surface area contributed by atoms with E-state index in [1.165, 1.54) is 12.0 Å². The summed E-state index contributed by atoms with van der Waals surface area (Å²) < 4.78 is 0. The predicted octanol–water partition coefficient (Wildman–Crippen LogP) is 2.33. The molecular weight excluding hydrogens is 222 g/mol. The van der Waals surface area contributed by atoms with Crippen molar-refractivity contribution in [2.75, 3.05) is 33.7 Å². The maximum absolute atomic E-state index is 8.76. The lowest BCUT2D eigenvalue weighted by Crippen LogP contribution is -2.26. The second-order valence-electron chi connectivity index (χ2n) is 4.83. The Kier molecular flexibility index (Phi) is 6.42. The van der Waals surface area contributed by atoms with Gasteiger partial charge in [-0.15, -0.1) is 0 Å². The molecule has 0 heterocycles. The summed E-state index contributed by atoms with van der Waals surface area (Å²) >= 11 is 0. The van der Waals surface area contributed by atoms with Crippen LogP contribution in [0.5, 0.6) is 0 Å². The standard InChI is InChI=1S/C15H23N3/c1-4-18(11-5-10-17(2)3)13-15-8-6-14(12-16)7-9-15/h6-9H,4-5,10-11,13H2,1-3H3. The Morgan fingerprint density at radius 1 is 1.11 bits per heavy atom. The topological polar surface area (TPSA) is 30.3 Å². The minimum absolute atomic E-state index is 0.731. The van der Waals surface area contributed by atoms with Crippen LogP contribution in [0.1, 0.15) is 24.5 Å². The molecule has 0 aliphatic heterocycles. The number of nitriles is 1. The lowest BCUT2D eigenvalue weighted by molar-refractivity contribution is 0.259. The summed E-state index contributed by atoms with van der Waals surface area (Å²) in [6.45, 7) is 6.47. The third-order valence-electron chi connectivity index (χ3n) is 3.02. The van der Waals surface area contributed by atoms with Crippen molar-refractivity contribution in [1.29, 1.82) is 5.26 Å². The van der Waals surface area contributed by atoms with Gasteiger partial charge in [-0.1, -0.05) is 19.1 Å². The number of hydrogen-bond donors (Lipinski definition) is 0. The zero-order valence-electron chi connectivity index (χ0n) is 11.7. The van der Waals surface area contributed by atoms with Crippen LogP contribution in [-0.2, 0) is 6.54 Å². The first-order valence-electron chi connectivity index (χ1n) is 6.51. The van der Waals surface area contributed by atoms with Crippen molar-refractivity contribution in [3.8, 4) is 6.07 Å². The largest absolute Gasteiger partial charge is 0.309 e. The molecule has 1 aromatic rings. The molecule has 1 rings (SSSR count). The van der Waals surface area contributed by atoms with Crippen molar-refractivity contribution < 1.29 is 0 Å². The van der Waals surface area contributed by atoms with E-state index in [0.29, 0.717) is 0 Å². The molecule has 0 atom stereocenters. The molecule has 0 saturated heterocycles. The highest BCUT2D eigenvalue weighted by Gasteiger charge is 2.04. The number of nitrogens with zero attached hydrogens (tertiary/aromatic N) is 3. The maximum Gasteiger partial charge on any atom is 0.0991 e. The molecule has 0 amide bonds. The number of hydrogen-bond acceptors (Lipinski definition) is 3. The maximum atomic E-state index is 8.76. The van der Waals surface area contributed by atoms with Crippen LogP contribution in [0.25, 0.3) is 0 Å². The molecule has 0 N–H and O–H groups in total. The van der Waals surface area contributed by atoms with Crippen molar-refractivity contribution in [2.45, 2.75) is 19.9 Å². The van der Waals surface area contributed by atoms with Gasteiger partial charge in [-0.3, -0.25) is 4.90 Å². The average molecular weight is 245 g/mol. The molecule has 0 aliphatic rings. The van der Waals surface area contributed by atoms with Gasteiger partial charge in [0.25, 0.3) is 0 Å². The van der Waals surface area contributed by atoms with Gasteiger partial charge >= 0.3 is 0 Å². The van der Waals surface area contributed by atoms with E-state index in [2.05, 4.69) is 36.9 Å². The van der Waals surface area contributed by atoms with E-state index in [1.54, 1.807) is 0 Å². The van der Waals surface area contributed by atoms with Gasteiger partial charge in [0.15, 0.2) is 0 Å². The first-order valence-corrected chi connectivity index (χ1v) is 6.51. The van der Waals surface area contributed by atoms with E-state index in [0.717, 1.165) is 31.7 Å². The smallest absolute Gasteiger partial charge is 0.0991 e. The van der Waals surface area contributed by atoms with E-state index in [1.807, 2.05) is 24.3 Å². The Balaban J connectivity index is 2.44. The van der Waals surface area contributed by atoms with E-state index < -0.39 is 0 Å². The number of benzene rings is 1. The fourth-order valence-corrected chi connectivity index (χ4v) is 1.90. The van der Waals surface area contributed by atoms with Crippen LogP contribution in [0.15, 0.2) is 24.3 Å². The Bertz CT molecular complexity index is 376. The molecule has 0 radical (unpaired) electrons. The fourth-order valence-electron chi connectivity index (χ4n) is 1.90. The summed E-state index contributed by atoms with van der Waals surface area (Å²) in [5, 5.41) is 8.76. The quantitative estimate of drug-likeness (QED) is 0.738. The molecule has 98 valence electrons. The summed E-state index contributed by atoms with van der Waals surface area (Å²) in [4.78, 5) is 4.65. The van der Waals surface area contributed by atoms with Crippen LogP contribution in [0.4, 0.5) is 0 Å². The van der Waals surface area contributed by atoms with E-state index in [4.69, 9.17) is 5.26 Å². The van der Waals surface area contributed by atoms with E-state index in [-0.39, 0.29) is 0 Å². The third kappa shape index (κ3) is 5.31. The van der Waals surface area contributed by atoms with Crippen LogP contribution < -0.4 is 0 Å². The summed E-state index contributed by atoms with van der Waals surface area (Å²) in [6, 6.07) is 10.0. The summed E-state index contributed by atoms with van der Waals surface area (Å²) in [7, 11) is 4.22. The summed E-state index contributed by atoms with van der Waals surface area (Å²) in [5.41, 5.74) is 2.01. The first kappa shape index (κ1) is 14.7. The molecule has 18 heavy (non-hydrogen) atoms. The molecule has 3 nitrogen and oxygen atoms in total. The Morgan fingerprint density at radius 2 is 1.78 bits per heavy atom. The fraction of sp³-hybridized carbons (Fsp3) is 0.533. The highest BCUT2D eigenvalue weighted by atomic mass is 15.1. The minimum Gasteiger partial charge on any atom is -0.309 e. The molecule has 3 heteroatoms. The molecular formula is C15H23N3. The molecule has 0 aromatic heterocycles. The second kappa shape index (κ2) is 7.86. The van der Waals surface area contributed by atoms with Crippen molar-refractivity contribution in [3.05, 3.63) is 35.4 Å². The van der Waals surface area contributed by atoms with Gasteiger partial charge < -0.3 is 4.90 Å². The molecule has 0 saturated carbocycles. The van der Waals surface area contributed by atoms with Gasteiger partial charge in [0.1, 0.15) is 0 Å². The molecule has 0 fully saturated rings. The molecule has 0 aliphatic carbocycles. The van der Waals surface area contributed by atoms with Gasteiger partial charge in [-0.25, -0.2) is 0 Å². The van der Waals surface area contributed by atoms with Crippen LogP contribution >= 0.6 is 0 Å². The Morgan fingerprint density at radius 3 is 2.28 bits per heavy atom. The highest BCUT2D eigenvalue weighted by Crippen LogP contribution is 2.07.